The van der Waals surface area contributed by atoms with Crippen LogP contribution in [0, 0.1) is 11.8 Å². The number of aliphatic hydroxyl groups is 1. The zero-order valence-electron chi connectivity index (χ0n) is 12.9. The fourth-order valence-electron chi connectivity index (χ4n) is 3.76. The lowest BCUT2D eigenvalue weighted by atomic mass is 9.95. The van der Waals surface area contributed by atoms with Crippen molar-refractivity contribution < 1.29 is 9.84 Å². The smallest absolute Gasteiger partial charge is 0.213 e. The van der Waals surface area contributed by atoms with E-state index in [2.05, 4.69) is 10.3 Å². The number of nitrogens with zero attached hydrogens (tertiary/aromatic N) is 2. The van der Waals surface area contributed by atoms with E-state index >= 15 is 0 Å². The molecule has 120 valence electrons. The van der Waals surface area contributed by atoms with Crippen molar-refractivity contribution in [1.29, 1.82) is 0 Å². The molecule has 0 amide bonds. The Hall–Kier alpha value is -1.40. The van der Waals surface area contributed by atoms with Gasteiger partial charge in [0.15, 0.2) is 5.11 Å². The highest BCUT2D eigenvalue weighted by Crippen LogP contribution is 2.44. The fourth-order valence-corrected chi connectivity index (χ4v) is 4.11. The van der Waals surface area contributed by atoms with E-state index in [-0.39, 0.29) is 6.61 Å². The van der Waals surface area contributed by atoms with Crippen molar-refractivity contribution in [3.63, 3.8) is 0 Å². The van der Waals surface area contributed by atoms with Gasteiger partial charge in [-0.1, -0.05) is 6.42 Å². The monoisotopic (exact) mass is 321 g/mol. The summed E-state index contributed by atoms with van der Waals surface area (Å²) in [7, 11) is 1.59. The normalized spacial score (nSPS) is 26.0. The van der Waals surface area contributed by atoms with E-state index in [1.54, 1.807) is 19.4 Å². The number of pyridine rings is 1. The lowest BCUT2D eigenvalue weighted by Crippen LogP contribution is -2.47. The number of thiocarbonyl (C=S) groups is 1. The van der Waals surface area contributed by atoms with Crippen LogP contribution in [0.25, 0.3) is 0 Å². The minimum absolute atomic E-state index is 0.0462. The Balaban J connectivity index is 1.68. The molecule has 0 radical (unpaired) electrons. The zero-order valence-corrected chi connectivity index (χ0v) is 13.7. The molecule has 0 saturated heterocycles. The summed E-state index contributed by atoms with van der Waals surface area (Å²) in [4.78, 5) is 6.13. The van der Waals surface area contributed by atoms with E-state index in [1.807, 2.05) is 11.0 Å². The molecule has 1 aromatic heterocycles. The molecular formula is C16H23N3O2S. The van der Waals surface area contributed by atoms with Crippen LogP contribution in [0.3, 0.4) is 0 Å². The van der Waals surface area contributed by atoms with Crippen molar-refractivity contribution in [3.05, 3.63) is 18.3 Å². The summed E-state index contributed by atoms with van der Waals surface area (Å²) in [5.41, 5.74) is 0.871. The number of fused-ring (bicyclic) bond motifs is 2. The van der Waals surface area contributed by atoms with Gasteiger partial charge in [0.1, 0.15) is 0 Å². The zero-order chi connectivity index (χ0) is 15.5. The van der Waals surface area contributed by atoms with Crippen LogP contribution in [0.15, 0.2) is 18.3 Å². The van der Waals surface area contributed by atoms with Gasteiger partial charge in [-0.05, 0) is 49.4 Å². The number of nitrogens with one attached hydrogen (secondary N) is 1. The maximum atomic E-state index is 9.34. The molecule has 2 bridgehead atoms. The lowest BCUT2D eigenvalue weighted by molar-refractivity contribution is 0.306. The molecule has 5 nitrogen and oxygen atoms in total. The molecule has 0 unspecified atom stereocenters. The predicted molar refractivity (Wildman–Crippen MR) is 90.2 cm³/mol. The Morgan fingerprint density at radius 1 is 1.45 bits per heavy atom. The van der Waals surface area contributed by atoms with Gasteiger partial charge in [0.05, 0.1) is 25.6 Å². The standard InChI is InChI=1S/C16H23N3O2S/c1-21-15-5-4-13(10-17-15)19(6-7-20)16(22)18-14-9-11-2-3-12(14)8-11/h4-5,10-12,14,20H,2-3,6-9H2,1H3,(H,18,22)/t11-,12-,14-/m0/s1. The summed E-state index contributed by atoms with van der Waals surface area (Å²) in [5.74, 6) is 2.20. The number of hydrogen-bond acceptors (Lipinski definition) is 4. The van der Waals surface area contributed by atoms with Crippen molar-refractivity contribution in [1.82, 2.24) is 10.3 Å². The van der Waals surface area contributed by atoms with Crippen LogP contribution in [0.1, 0.15) is 25.7 Å². The summed E-state index contributed by atoms with van der Waals surface area (Å²) in [6.45, 7) is 0.505. The summed E-state index contributed by atoms with van der Waals surface area (Å²) in [6, 6.07) is 4.20. The van der Waals surface area contributed by atoms with E-state index in [0.29, 0.717) is 23.6 Å². The second kappa shape index (κ2) is 6.79. The second-order valence-corrected chi connectivity index (χ2v) is 6.55. The van der Waals surface area contributed by atoms with Gasteiger partial charge in [0, 0.05) is 18.7 Å². The molecule has 0 spiro atoms. The SMILES string of the molecule is COc1ccc(N(CCO)C(=S)N[C@H]2C[C@H]3CC[C@H]2C3)cn1. The van der Waals surface area contributed by atoms with E-state index < -0.39 is 0 Å². The Morgan fingerprint density at radius 3 is 2.86 bits per heavy atom. The maximum absolute atomic E-state index is 9.34. The van der Waals surface area contributed by atoms with Gasteiger partial charge in [-0.25, -0.2) is 4.98 Å². The summed E-state index contributed by atoms with van der Waals surface area (Å²) < 4.78 is 5.08. The fraction of sp³-hybridized carbons (Fsp3) is 0.625. The first kappa shape index (κ1) is 15.5. The molecule has 1 heterocycles. The average Bonchev–Trinajstić information content (AvgIpc) is 3.15. The summed E-state index contributed by atoms with van der Waals surface area (Å²) in [5, 5.41) is 13.5. The predicted octanol–water partition coefficient (Wildman–Crippen LogP) is 1.95. The third-order valence-electron chi connectivity index (χ3n) is 4.86. The minimum Gasteiger partial charge on any atom is -0.481 e. The average molecular weight is 321 g/mol. The van der Waals surface area contributed by atoms with Gasteiger partial charge >= 0.3 is 0 Å². The van der Waals surface area contributed by atoms with Gasteiger partial charge in [-0.3, -0.25) is 0 Å². The molecule has 2 aliphatic rings. The lowest BCUT2D eigenvalue weighted by Gasteiger charge is -2.30. The van der Waals surface area contributed by atoms with Crippen LogP contribution in [0.4, 0.5) is 5.69 Å². The number of methoxy groups -OCH3 is 1. The van der Waals surface area contributed by atoms with E-state index in [4.69, 9.17) is 17.0 Å². The van der Waals surface area contributed by atoms with Crippen LogP contribution < -0.4 is 15.0 Å². The van der Waals surface area contributed by atoms with E-state index in [0.717, 1.165) is 17.5 Å². The largest absolute Gasteiger partial charge is 0.481 e. The van der Waals surface area contributed by atoms with Crippen LogP contribution >= 0.6 is 12.2 Å². The second-order valence-electron chi connectivity index (χ2n) is 6.16. The topological polar surface area (TPSA) is 57.6 Å². The Morgan fingerprint density at radius 2 is 2.32 bits per heavy atom. The first-order valence-corrected chi connectivity index (χ1v) is 8.31. The molecule has 3 rings (SSSR count). The Kier molecular flexibility index (Phi) is 4.78. The Bertz CT molecular complexity index is 523. The molecule has 1 aromatic rings. The minimum atomic E-state index is 0.0462. The summed E-state index contributed by atoms with van der Waals surface area (Å²) in [6.07, 6.45) is 6.97. The third kappa shape index (κ3) is 3.17. The quantitative estimate of drug-likeness (QED) is 0.809. The highest BCUT2D eigenvalue weighted by Gasteiger charge is 2.40. The van der Waals surface area contributed by atoms with Crippen molar-refractivity contribution in [2.45, 2.75) is 31.7 Å². The third-order valence-corrected chi connectivity index (χ3v) is 5.20. The molecule has 2 aliphatic carbocycles. The molecule has 2 saturated carbocycles. The Labute approximate surface area is 136 Å². The molecule has 2 fully saturated rings. The van der Waals surface area contributed by atoms with Crippen molar-refractivity contribution in [2.24, 2.45) is 11.8 Å². The van der Waals surface area contributed by atoms with Gasteiger partial charge in [0.2, 0.25) is 5.88 Å². The number of hydrogen-bond donors (Lipinski definition) is 2. The van der Waals surface area contributed by atoms with Crippen LogP contribution in [-0.4, -0.2) is 41.5 Å². The first-order valence-electron chi connectivity index (χ1n) is 7.90. The first-order chi connectivity index (χ1) is 10.7. The molecule has 3 atom stereocenters. The molecule has 6 heteroatoms. The van der Waals surface area contributed by atoms with Crippen LogP contribution in [-0.2, 0) is 0 Å². The van der Waals surface area contributed by atoms with Gasteiger partial charge in [-0.15, -0.1) is 0 Å². The summed E-state index contributed by atoms with van der Waals surface area (Å²) >= 11 is 5.58. The number of rotatable bonds is 5. The van der Waals surface area contributed by atoms with Crippen LogP contribution in [0.5, 0.6) is 5.88 Å². The molecule has 2 N–H and O–H groups in total. The number of aliphatic hydroxyl groups excluding tert-OH is 1. The highest BCUT2D eigenvalue weighted by atomic mass is 32.1. The molecule has 22 heavy (non-hydrogen) atoms. The van der Waals surface area contributed by atoms with Gasteiger partial charge in [-0.2, -0.15) is 0 Å². The number of aromatic nitrogens is 1. The molecule has 0 aliphatic heterocycles. The van der Waals surface area contributed by atoms with E-state index in [1.165, 1.54) is 25.7 Å². The molecule has 0 aromatic carbocycles. The molecular weight excluding hydrogens is 298 g/mol. The van der Waals surface area contributed by atoms with Crippen molar-refractivity contribution in [3.8, 4) is 5.88 Å². The number of ether oxygens (including phenoxy) is 1. The van der Waals surface area contributed by atoms with Gasteiger partial charge < -0.3 is 20.1 Å². The van der Waals surface area contributed by atoms with Crippen molar-refractivity contribution in [2.75, 3.05) is 25.2 Å². The van der Waals surface area contributed by atoms with Gasteiger partial charge in [0.25, 0.3) is 0 Å². The maximum Gasteiger partial charge on any atom is 0.213 e. The number of anilines is 1. The van der Waals surface area contributed by atoms with Crippen molar-refractivity contribution >= 4 is 23.0 Å². The highest BCUT2D eigenvalue weighted by molar-refractivity contribution is 7.80. The van der Waals surface area contributed by atoms with Crippen LogP contribution in [0.2, 0.25) is 0 Å². The van der Waals surface area contributed by atoms with E-state index in [9.17, 15) is 5.11 Å².